The highest BCUT2D eigenvalue weighted by atomic mass is 16.3. The average molecular weight is 461 g/mol. The van der Waals surface area contributed by atoms with Gasteiger partial charge < -0.3 is 14.6 Å². The number of hydrogen-bond donors (Lipinski definition) is 1. The van der Waals surface area contributed by atoms with Crippen molar-refractivity contribution in [2.75, 3.05) is 13.2 Å². The van der Waals surface area contributed by atoms with Crippen LogP contribution < -0.4 is 0 Å². The minimum atomic E-state index is -0.241. The molecule has 1 N–H and O–H groups in total. The van der Waals surface area contributed by atoms with E-state index < -0.39 is 0 Å². The first-order valence-electron chi connectivity index (χ1n) is 12.2. The summed E-state index contributed by atoms with van der Waals surface area (Å²) in [5, 5.41) is 13.0. The van der Waals surface area contributed by atoms with E-state index in [1.54, 1.807) is 0 Å². The highest BCUT2D eigenvalue weighted by Crippen LogP contribution is 2.43. The van der Waals surface area contributed by atoms with Gasteiger partial charge in [0.2, 0.25) is 0 Å². The molecule has 1 amide bonds. The lowest BCUT2D eigenvalue weighted by Gasteiger charge is -2.42. The van der Waals surface area contributed by atoms with E-state index in [0.29, 0.717) is 12.1 Å². The fraction of sp³-hybridized carbons (Fsp3) is 0.194. The quantitative estimate of drug-likeness (QED) is 0.358. The standard InChI is InChI=1S/C31H28N2O2/c1-32-28-14-8-7-12-24(28)26-19-22(15-16-29(26)32)30-27(20-34)23-11-5-6-13-25(23)31(35)33(30)18-17-21-9-3-2-4-10-21/h2-16,19,27,30,34H,17-18,20H2,1H3/t27-,30+/m0/s1. The average Bonchev–Trinajstić information content (AvgIpc) is 3.20. The molecule has 4 nitrogen and oxygen atoms in total. The molecule has 1 aliphatic rings. The molecule has 1 aromatic heterocycles. The highest BCUT2D eigenvalue weighted by molar-refractivity contribution is 6.08. The lowest BCUT2D eigenvalue weighted by Crippen LogP contribution is -2.44. The Morgan fingerprint density at radius 1 is 0.800 bits per heavy atom. The normalized spacial score (nSPS) is 17.8. The molecule has 0 bridgehead atoms. The van der Waals surface area contributed by atoms with Gasteiger partial charge in [0.05, 0.1) is 12.6 Å². The van der Waals surface area contributed by atoms with Crippen molar-refractivity contribution >= 4 is 27.7 Å². The Morgan fingerprint density at radius 3 is 2.34 bits per heavy atom. The van der Waals surface area contributed by atoms with Crippen molar-refractivity contribution in [3.05, 3.63) is 119 Å². The van der Waals surface area contributed by atoms with Gasteiger partial charge >= 0.3 is 0 Å². The van der Waals surface area contributed by atoms with Crippen LogP contribution in [0.4, 0.5) is 0 Å². The van der Waals surface area contributed by atoms with E-state index in [9.17, 15) is 9.90 Å². The molecule has 1 aliphatic heterocycles. The van der Waals surface area contributed by atoms with Gasteiger partial charge in [0.1, 0.15) is 0 Å². The first kappa shape index (κ1) is 21.6. The summed E-state index contributed by atoms with van der Waals surface area (Å²) >= 11 is 0. The number of aliphatic hydroxyl groups excluding tert-OH is 1. The van der Waals surface area contributed by atoms with Crippen molar-refractivity contribution in [3.8, 4) is 0 Å². The Kier molecular flexibility index (Phi) is 5.39. The van der Waals surface area contributed by atoms with Gasteiger partial charge in [-0.05, 0) is 47.4 Å². The van der Waals surface area contributed by atoms with Gasteiger partial charge in [0.15, 0.2) is 0 Å². The van der Waals surface area contributed by atoms with Crippen LogP contribution in [0.2, 0.25) is 0 Å². The fourth-order valence-electron chi connectivity index (χ4n) is 5.80. The van der Waals surface area contributed by atoms with Gasteiger partial charge in [-0.15, -0.1) is 0 Å². The van der Waals surface area contributed by atoms with Gasteiger partial charge in [0.25, 0.3) is 5.91 Å². The second-order valence-corrected chi connectivity index (χ2v) is 9.41. The maximum atomic E-state index is 13.8. The second-order valence-electron chi connectivity index (χ2n) is 9.41. The summed E-state index contributed by atoms with van der Waals surface area (Å²) in [6.07, 6.45) is 0.764. The number of rotatable bonds is 5. The Bertz CT molecular complexity index is 1540. The lowest BCUT2D eigenvalue weighted by atomic mass is 9.79. The van der Waals surface area contributed by atoms with Crippen LogP contribution in [0.1, 0.15) is 39.0 Å². The molecule has 0 saturated carbocycles. The van der Waals surface area contributed by atoms with Crippen LogP contribution in [-0.2, 0) is 13.5 Å². The summed E-state index contributed by atoms with van der Waals surface area (Å²) in [5.74, 6) is -0.156. The number of benzene rings is 4. The summed E-state index contributed by atoms with van der Waals surface area (Å²) in [4.78, 5) is 15.8. The Hall–Kier alpha value is -3.89. The van der Waals surface area contributed by atoms with Crippen molar-refractivity contribution in [2.24, 2.45) is 7.05 Å². The number of carbonyl (C=O) groups is 1. The Balaban J connectivity index is 1.50. The van der Waals surface area contributed by atoms with E-state index in [4.69, 9.17) is 0 Å². The Labute approximate surface area is 205 Å². The Morgan fingerprint density at radius 2 is 1.51 bits per heavy atom. The van der Waals surface area contributed by atoms with Crippen molar-refractivity contribution in [1.82, 2.24) is 9.47 Å². The van der Waals surface area contributed by atoms with Crippen LogP contribution in [0.25, 0.3) is 21.8 Å². The van der Waals surface area contributed by atoms with Gasteiger partial charge in [-0.1, -0.05) is 72.8 Å². The number of carbonyl (C=O) groups excluding carboxylic acids is 1. The molecule has 4 aromatic carbocycles. The van der Waals surface area contributed by atoms with Crippen LogP contribution >= 0.6 is 0 Å². The number of fused-ring (bicyclic) bond motifs is 4. The zero-order valence-corrected chi connectivity index (χ0v) is 19.8. The fourth-order valence-corrected chi connectivity index (χ4v) is 5.80. The highest BCUT2D eigenvalue weighted by Gasteiger charge is 2.40. The molecular weight excluding hydrogens is 432 g/mol. The van der Waals surface area contributed by atoms with Crippen LogP contribution in [0.15, 0.2) is 97.1 Å². The molecule has 4 heteroatoms. The third-order valence-corrected chi connectivity index (χ3v) is 7.53. The molecule has 2 heterocycles. The second kappa shape index (κ2) is 8.71. The number of nitrogens with zero attached hydrogens (tertiary/aromatic N) is 2. The molecule has 0 fully saturated rings. The molecule has 5 aromatic rings. The summed E-state index contributed by atoms with van der Waals surface area (Å²) in [6, 6.07) is 32.7. The van der Waals surface area contributed by atoms with Crippen molar-refractivity contribution in [3.63, 3.8) is 0 Å². The minimum absolute atomic E-state index is 0.0234. The van der Waals surface area contributed by atoms with Gasteiger partial charge in [-0.3, -0.25) is 4.79 Å². The molecule has 0 unspecified atom stereocenters. The molecule has 0 radical (unpaired) electrons. The van der Waals surface area contributed by atoms with E-state index in [1.807, 2.05) is 47.4 Å². The number of para-hydroxylation sites is 1. The summed E-state index contributed by atoms with van der Waals surface area (Å²) < 4.78 is 2.21. The van der Waals surface area contributed by atoms with Gasteiger partial charge in [0, 0.05) is 46.9 Å². The monoisotopic (exact) mass is 460 g/mol. The van der Waals surface area contributed by atoms with E-state index >= 15 is 0 Å². The summed E-state index contributed by atoms with van der Waals surface area (Å²) in [5.41, 5.74) is 6.23. The molecule has 2 atom stereocenters. The number of aromatic nitrogens is 1. The number of hydrogen-bond acceptors (Lipinski definition) is 2. The number of amides is 1. The minimum Gasteiger partial charge on any atom is -0.396 e. The molecule has 6 rings (SSSR count). The summed E-state index contributed by atoms with van der Waals surface area (Å²) in [7, 11) is 2.09. The third-order valence-electron chi connectivity index (χ3n) is 7.53. The number of aliphatic hydroxyl groups is 1. The molecule has 0 spiro atoms. The molecule has 174 valence electrons. The molecule has 0 saturated heterocycles. The van der Waals surface area contributed by atoms with Crippen LogP contribution in [0.3, 0.4) is 0 Å². The van der Waals surface area contributed by atoms with Gasteiger partial charge in [-0.2, -0.15) is 0 Å². The lowest BCUT2D eigenvalue weighted by molar-refractivity contribution is 0.0566. The first-order chi connectivity index (χ1) is 17.2. The molecular formula is C31H28N2O2. The van der Waals surface area contributed by atoms with E-state index in [1.165, 1.54) is 21.9 Å². The van der Waals surface area contributed by atoms with Crippen LogP contribution in [0.5, 0.6) is 0 Å². The van der Waals surface area contributed by atoms with Crippen molar-refractivity contribution in [2.45, 2.75) is 18.4 Å². The number of aryl methyl sites for hydroxylation is 1. The molecule has 35 heavy (non-hydrogen) atoms. The smallest absolute Gasteiger partial charge is 0.254 e. The maximum absolute atomic E-state index is 13.8. The SMILES string of the molecule is Cn1c2ccccc2c2cc([C@@H]3[C@@H](CO)c4ccccc4C(=O)N3CCc3ccccc3)ccc21. The van der Waals surface area contributed by atoms with Crippen molar-refractivity contribution in [1.29, 1.82) is 0 Å². The zero-order valence-electron chi connectivity index (χ0n) is 19.8. The first-order valence-corrected chi connectivity index (χ1v) is 12.2. The van der Waals surface area contributed by atoms with Crippen LogP contribution in [-0.4, -0.2) is 33.6 Å². The van der Waals surface area contributed by atoms with E-state index in [-0.39, 0.29) is 24.5 Å². The predicted molar refractivity (Wildman–Crippen MR) is 141 cm³/mol. The maximum Gasteiger partial charge on any atom is 0.254 e. The van der Waals surface area contributed by atoms with Crippen LogP contribution in [0, 0.1) is 0 Å². The van der Waals surface area contributed by atoms with E-state index in [0.717, 1.165) is 23.1 Å². The largest absolute Gasteiger partial charge is 0.396 e. The zero-order chi connectivity index (χ0) is 23.9. The van der Waals surface area contributed by atoms with E-state index in [2.05, 4.69) is 66.2 Å². The third kappa shape index (κ3) is 3.53. The summed E-state index contributed by atoms with van der Waals surface area (Å²) in [6.45, 7) is 0.566. The molecule has 0 aliphatic carbocycles. The topological polar surface area (TPSA) is 45.5 Å². The van der Waals surface area contributed by atoms with Gasteiger partial charge in [-0.25, -0.2) is 0 Å². The van der Waals surface area contributed by atoms with Crippen molar-refractivity contribution < 1.29 is 9.90 Å². The predicted octanol–water partition coefficient (Wildman–Crippen LogP) is 5.85.